The zero-order valence-electron chi connectivity index (χ0n) is 21.5. The number of thiazole rings is 1. The second-order valence-corrected chi connectivity index (χ2v) is 12.3. The highest BCUT2D eigenvalue weighted by Gasteiger charge is 2.27. The lowest BCUT2D eigenvalue weighted by Gasteiger charge is -2.28. The van der Waals surface area contributed by atoms with Crippen LogP contribution in [0.25, 0.3) is 10.4 Å². The SMILES string of the molecule is CCNS(=O)(=O)c1cc(Nc2ncc(C)[nH]2)ccc1-c1cnc([C@H]2CC[C@H](NC(=O)OC(C)C)CC2)s1. The van der Waals surface area contributed by atoms with Gasteiger partial charge in [-0.15, -0.1) is 11.3 Å². The van der Waals surface area contributed by atoms with E-state index in [0.29, 0.717) is 17.2 Å². The summed E-state index contributed by atoms with van der Waals surface area (Å²) in [5.41, 5.74) is 2.12. The number of anilines is 2. The minimum atomic E-state index is -3.74. The molecule has 4 rings (SSSR count). The van der Waals surface area contributed by atoms with Gasteiger partial charge in [0.1, 0.15) is 0 Å². The van der Waals surface area contributed by atoms with Crippen LogP contribution in [0.15, 0.2) is 35.5 Å². The summed E-state index contributed by atoms with van der Waals surface area (Å²) in [6, 6.07) is 5.36. The molecule has 0 radical (unpaired) electrons. The van der Waals surface area contributed by atoms with Crippen LogP contribution in [0.3, 0.4) is 0 Å². The van der Waals surface area contributed by atoms with E-state index in [1.54, 1.807) is 31.5 Å². The standard InChI is InChI=1S/C25H34N6O4S2/c1-5-28-37(33,34)22-12-19(30-24-27-13-16(4)29-24)10-11-20(22)21-14-26-23(36-21)17-6-8-18(9-7-17)31-25(32)35-15(2)3/h10-15,17-18,28H,5-9H2,1-4H3,(H,31,32)(H2,27,29,30)/t17-,18-. The molecule has 4 N–H and O–H groups in total. The normalized spacial score (nSPS) is 18.1. The number of aromatic amines is 1. The molecule has 1 aromatic carbocycles. The lowest BCUT2D eigenvalue weighted by molar-refractivity contribution is 0.109. The van der Waals surface area contributed by atoms with E-state index in [4.69, 9.17) is 4.74 Å². The molecule has 0 aliphatic heterocycles. The van der Waals surface area contributed by atoms with Crippen molar-refractivity contribution in [3.63, 3.8) is 0 Å². The van der Waals surface area contributed by atoms with Gasteiger partial charge < -0.3 is 20.4 Å². The number of ether oxygens (including phenoxy) is 1. The summed E-state index contributed by atoms with van der Waals surface area (Å²) in [6.07, 6.45) is 6.43. The van der Waals surface area contributed by atoms with Gasteiger partial charge in [-0.2, -0.15) is 0 Å². The number of alkyl carbamates (subject to hydrolysis) is 1. The molecule has 0 bridgehead atoms. The van der Waals surface area contributed by atoms with Gasteiger partial charge in [-0.25, -0.2) is 27.9 Å². The minimum absolute atomic E-state index is 0.0943. The number of rotatable bonds is 9. The number of sulfonamides is 1. The summed E-state index contributed by atoms with van der Waals surface area (Å²) in [4.78, 5) is 24.9. The average molecular weight is 547 g/mol. The monoisotopic (exact) mass is 546 g/mol. The molecule has 2 aromatic heterocycles. The third-order valence-corrected chi connectivity index (χ3v) is 8.88. The number of H-pyrrole nitrogens is 1. The highest BCUT2D eigenvalue weighted by molar-refractivity contribution is 7.89. The fraction of sp³-hybridized carbons (Fsp3) is 0.480. The number of hydrogen-bond acceptors (Lipinski definition) is 8. The molecule has 3 aromatic rings. The maximum absolute atomic E-state index is 13.1. The van der Waals surface area contributed by atoms with Gasteiger partial charge in [0, 0.05) is 47.8 Å². The second kappa shape index (κ2) is 11.6. The Kier molecular flexibility index (Phi) is 8.50. The van der Waals surface area contributed by atoms with Crippen molar-refractivity contribution in [3.05, 3.63) is 41.3 Å². The molecule has 0 atom stereocenters. The van der Waals surface area contributed by atoms with Crippen LogP contribution in [0.5, 0.6) is 0 Å². The summed E-state index contributed by atoms with van der Waals surface area (Å²) in [5.74, 6) is 0.814. The van der Waals surface area contributed by atoms with Crippen molar-refractivity contribution in [2.45, 2.75) is 76.3 Å². The highest BCUT2D eigenvalue weighted by atomic mass is 32.2. The van der Waals surface area contributed by atoms with Crippen LogP contribution >= 0.6 is 11.3 Å². The molecule has 0 spiro atoms. The van der Waals surface area contributed by atoms with E-state index in [2.05, 4.69) is 30.3 Å². The Balaban J connectivity index is 1.51. The summed E-state index contributed by atoms with van der Waals surface area (Å²) < 4.78 is 34.0. The number of carbonyl (C=O) groups is 1. The maximum atomic E-state index is 13.1. The van der Waals surface area contributed by atoms with Crippen molar-refractivity contribution in [2.75, 3.05) is 11.9 Å². The van der Waals surface area contributed by atoms with Crippen LogP contribution in [-0.4, -0.2) is 48.2 Å². The Morgan fingerprint density at radius 2 is 1.95 bits per heavy atom. The number of hydrogen-bond donors (Lipinski definition) is 4. The second-order valence-electron chi connectivity index (χ2n) is 9.46. The van der Waals surface area contributed by atoms with Gasteiger partial charge in [-0.1, -0.05) is 13.0 Å². The Morgan fingerprint density at radius 3 is 2.59 bits per heavy atom. The number of imidazole rings is 1. The quantitative estimate of drug-likeness (QED) is 0.295. The highest BCUT2D eigenvalue weighted by Crippen LogP contribution is 2.40. The number of aromatic nitrogens is 3. The van der Waals surface area contributed by atoms with Crippen LogP contribution in [-0.2, 0) is 14.8 Å². The average Bonchev–Trinajstić information content (AvgIpc) is 3.48. The first kappa shape index (κ1) is 27.1. The van der Waals surface area contributed by atoms with Gasteiger partial charge >= 0.3 is 6.09 Å². The van der Waals surface area contributed by atoms with Gasteiger partial charge in [0.05, 0.1) is 20.9 Å². The predicted octanol–water partition coefficient (Wildman–Crippen LogP) is 5.04. The topological polar surface area (TPSA) is 138 Å². The van der Waals surface area contributed by atoms with E-state index in [1.807, 2.05) is 26.8 Å². The van der Waals surface area contributed by atoms with Crippen LogP contribution in [0.1, 0.15) is 63.1 Å². The largest absolute Gasteiger partial charge is 0.447 e. The molecule has 37 heavy (non-hydrogen) atoms. The van der Waals surface area contributed by atoms with Gasteiger partial charge in [0.15, 0.2) is 0 Å². The third kappa shape index (κ3) is 6.88. The minimum Gasteiger partial charge on any atom is -0.447 e. The molecule has 1 aliphatic rings. The Labute approximate surface area is 221 Å². The van der Waals surface area contributed by atoms with Crippen LogP contribution in [0.4, 0.5) is 16.4 Å². The van der Waals surface area contributed by atoms with Crippen LogP contribution in [0, 0.1) is 6.92 Å². The van der Waals surface area contributed by atoms with E-state index in [1.165, 1.54) is 11.3 Å². The summed E-state index contributed by atoms with van der Waals surface area (Å²) >= 11 is 1.52. The van der Waals surface area contributed by atoms with Crippen molar-refractivity contribution in [1.82, 2.24) is 25.0 Å². The first-order valence-electron chi connectivity index (χ1n) is 12.5. The van der Waals surface area contributed by atoms with E-state index < -0.39 is 10.0 Å². The number of carbonyl (C=O) groups excluding carboxylic acids is 1. The molecule has 1 saturated carbocycles. The van der Waals surface area contributed by atoms with E-state index in [9.17, 15) is 13.2 Å². The molecule has 0 saturated heterocycles. The third-order valence-electron chi connectivity index (χ3n) is 6.10. The molecule has 10 nitrogen and oxygen atoms in total. The first-order chi connectivity index (χ1) is 17.6. The van der Waals surface area contributed by atoms with Crippen LogP contribution < -0.4 is 15.4 Å². The number of nitrogens with one attached hydrogen (secondary N) is 4. The summed E-state index contributed by atoms with van der Waals surface area (Å²) in [6.45, 7) is 7.59. The molecular formula is C25H34N6O4S2. The number of benzene rings is 1. The van der Waals surface area contributed by atoms with Crippen molar-refractivity contribution in [2.24, 2.45) is 0 Å². The smallest absolute Gasteiger partial charge is 0.407 e. The molecule has 200 valence electrons. The molecule has 1 amide bonds. The number of nitrogens with zero attached hydrogens (tertiary/aromatic N) is 2. The fourth-order valence-electron chi connectivity index (χ4n) is 4.41. The summed E-state index contributed by atoms with van der Waals surface area (Å²) in [7, 11) is -3.74. The Bertz CT molecular complexity index is 1330. The van der Waals surface area contributed by atoms with E-state index in [0.717, 1.165) is 41.3 Å². The molecular weight excluding hydrogens is 512 g/mol. The van der Waals surface area contributed by atoms with Crippen molar-refractivity contribution in [3.8, 4) is 10.4 Å². The fourth-order valence-corrected chi connectivity index (χ4v) is 6.88. The first-order valence-corrected chi connectivity index (χ1v) is 14.8. The van der Waals surface area contributed by atoms with Gasteiger partial charge in [-0.3, -0.25) is 0 Å². The molecule has 0 unspecified atom stereocenters. The molecule has 1 fully saturated rings. The van der Waals surface area contributed by atoms with E-state index >= 15 is 0 Å². The van der Waals surface area contributed by atoms with Crippen LogP contribution in [0.2, 0.25) is 0 Å². The Hall–Kier alpha value is -2.96. The van der Waals surface area contributed by atoms with Crippen molar-refractivity contribution < 1.29 is 17.9 Å². The number of amides is 1. The lowest BCUT2D eigenvalue weighted by Crippen LogP contribution is -2.38. The van der Waals surface area contributed by atoms with Gasteiger partial charge in [0.25, 0.3) is 0 Å². The number of aryl methyl sites for hydroxylation is 1. The summed E-state index contributed by atoms with van der Waals surface area (Å²) in [5, 5.41) is 7.07. The molecule has 1 aliphatic carbocycles. The Morgan fingerprint density at radius 1 is 1.19 bits per heavy atom. The maximum Gasteiger partial charge on any atom is 0.407 e. The molecule has 12 heteroatoms. The predicted molar refractivity (Wildman–Crippen MR) is 145 cm³/mol. The van der Waals surface area contributed by atoms with E-state index in [-0.39, 0.29) is 35.6 Å². The zero-order valence-corrected chi connectivity index (χ0v) is 23.1. The van der Waals surface area contributed by atoms with Gasteiger partial charge in [-0.05, 0) is 58.6 Å². The van der Waals surface area contributed by atoms with Crippen molar-refractivity contribution >= 4 is 39.1 Å². The van der Waals surface area contributed by atoms with Crippen molar-refractivity contribution in [1.29, 1.82) is 0 Å². The molecule has 2 heterocycles. The zero-order chi connectivity index (χ0) is 26.6. The lowest BCUT2D eigenvalue weighted by atomic mass is 9.86. The van der Waals surface area contributed by atoms with Gasteiger partial charge in [0.2, 0.25) is 16.0 Å².